The van der Waals surface area contributed by atoms with E-state index in [4.69, 9.17) is 4.74 Å². The molecule has 2 N–H and O–H groups in total. The zero-order chi connectivity index (χ0) is 22.7. The molecular formula is C23H29N5O3. The fourth-order valence-corrected chi connectivity index (χ4v) is 3.48. The minimum Gasteiger partial charge on any atom is -0.463 e. The summed E-state index contributed by atoms with van der Waals surface area (Å²) in [5.41, 5.74) is 5.59. The van der Waals surface area contributed by atoms with Crippen LogP contribution in [0.1, 0.15) is 59.3 Å². The topological polar surface area (TPSA) is 102 Å². The molecule has 0 spiro atoms. The quantitative estimate of drug-likeness (QED) is 0.566. The molecule has 1 amide bonds. The van der Waals surface area contributed by atoms with Gasteiger partial charge in [0.15, 0.2) is 0 Å². The number of aromatic amines is 1. The predicted octanol–water partition coefficient (Wildman–Crippen LogP) is 3.55. The number of aromatic nitrogens is 4. The average Bonchev–Trinajstić information content (AvgIpc) is 3.26. The molecule has 0 aliphatic rings. The molecule has 8 nitrogen and oxygen atoms in total. The Morgan fingerprint density at radius 3 is 2.42 bits per heavy atom. The first kappa shape index (κ1) is 22.3. The number of rotatable bonds is 7. The Kier molecular flexibility index (Phi) is 6.58. The molecule has 0 saturated heterocycles. The van der Waals surface area contributed by atoms with E-state index in [0.29, 0.717) is 11.4 Å². The SMILES string of the molecule is Cc1ccc(C(CC(=O)OC(C)C)NC(=O)c2cc(-c3c(C)nn(C)c3C)n[nH]2)cc1. The number of amides is 1. The smallest absolute Gasteiger partial charge is 0.308 e. The first-order valence-electron chi connectivity index (χ1n) is 10.3. The van der Waals surface area contributed by atoms with E-state index in [1.165, 1.54) is 0 Å². The average molecular weight is 424 g/mol. The van der Waals surface area contributed by atoms with Crippen LogP contribution >= 0.6 is 0 Å². The Hall–Kier alpha value is -3.42. The van der Waals surface area contributed by atoms with Crippen LogP contribution in [-0.2, 0) is 16.6 Å². The third-order valence-corrected chi connectivity index (χ3v) is 5.11. The van der Waals surface area contributed by atoms with Crippen molar-refractivity contribution in [3.8, 4) is 11.3 Å². The molecule has 3 aromatic rings. The zero-order valence-corrected chi connectivity index (χ0v) is 18.8. The van der Waals surface area contributed by atoms with Crippen molar-refractivity contribution in [2.45, 2.75) is 53.2 Å². The third kappa shape index (κ3) is 5.20. The second-order valence-corrected chi connectivity index (χ2v) is 8.02. The van der Waals surface area contributed by atoms with E-state index < -0.39 is 6.04 Å². The number of H-pyrrole nitrogens is 1. The van der Waals surface area contributed by atoms with Crippen molar-refractivity contribution in [3.63, 3.8) is 0 Å². The number of nitrogens with one attached hydrogen (secondary N) is 2. The van der Waals surface area contributed by atoms with Crippen LogP contribution < -0.4 is 5.32 Å². The van der Waals surface area contributed by atoms with Gasteiger partial charge in [-0.25, -0.2) is 0 Å². The summed E-state index contributed by atoms with van der Waals surface area (Å²) >= 11 is 0. The van der Waals surface area contributed by atoms with Gasteiger partial charge in [0.1, 0.15) is 5.69 Å². The van der Waals surface area contributed by atoms with Crippen molar-refractivity contribution in [1.82, 2.24) is 25.3 Å². The van der Waals surface area contributed by atoms with Crippen molar-refractivity contribution in [3.05, 3.63) is 58.5 Å². The minimum atomic E-state index is -0.520. The molecule has 0 radical (unpaired) electrons. The number of carbonyl (C=O) groups excluding carboxylic acids is 2. The van der Waals surface area contributed by atoms with Crippen LogP contribution in [0.25, 0.3) is 11.3 Å². The van der Waals surface area contributed by atoms with E-state index in [2.05, 4.69) is 20.6 Å². The van der Waals surface area contributed by atoms with Crippen LogP contribution in [0.4, 0.5) is 0 Å². The van der Waals surface area contributed by atoms with Gasteiger partial charge in [0, 0.05) is 18.3 Å². The molecular weight excluding hydrogens is 394 g/mol. The predicted molar refractivity (Wildman–Crippen MR) is 117 cm³/mol. The van der Waals surface area contributed by atoms with Crippen LogP contribution in [0.15, 0.2) is 30.3 Å². The van der Waals surface area contributed by atoms with E-state index in [9.17, 15) is 9.59 Å². The van der Waals surface area contributed by atoms with Crippen molar-refractivity contribution < 1.29 is 14.3 Å². The standard InChI is InChI=1S/C23H29N5O3/c1-13(2)31-21(29)12-18(17-9-7-14(3)8-10-17)24-23(30)20-11-19(25-26-20)22-15(4)27-28(6)16(22)5/h7-11,13,18H,12H2,1-6H3,(H,24,30)(H,25,26). The Morgan fingerprint density at radius 2 is 1.84 bits per heavy atom. The molecule has 2 heterocycles. The van der Waals surface area contributed by atoms with Gasteiger partial charge < -0.3 is 10.1 Å². The van der Waals surface area contributed by atoms with E-state index in [1.807, 2.05) is 52.1 Å². The highest BCUT2D eigenvalue weighted by Crippen LogP contribution is 2.26. The maximum atomic E-state index is 13.0. The van der Waals surface area contributed by atoms with Crippen LogP contribution in [-0.4, -0.2) is 38.0 Å². The highest BCUT2D eigenvalue weighted by atomic mass is 16.5. The van der Waals surface area contributed by atoms with E-state index in [0.717, 1.165) is 28.1 Å². The monoisotopic (exact) mass is 423 g/mol. The van der Waals surface area contributed by atoms with E-state index in [1.54, 1.807) is 24.6 Å². The zero-order valence-electron chi connectivity index (χ0n) is 18.8. The summed E-state index contributed by atoms with van der Waals surface area (Å²) in [6, 6.07) is 8.89. The maximum absolute atomic E-state index is 13.0. The van der Waals surface area contributed by atoms with Crippen LogP contribution in [0.2, 0.25) is 0 Å². The van der Waals surface area contributed by atoms with Crippen LogP contribution in [0.3, 0.4) is 0 Å². The number of hydrogen-bond donors (Lipinski definition) is 2. The molecule has 8 heteroatoms. The Morgan fingerprint density at radius 1 is 1.16 bits per heavy atom. The second kappa shape index (κ2) is 9.16. The number of esters is 1. The van der Waals surface area contributed by atoms with Gasteiger partial charge in [-0.05, 0) is 46.2 Å². The van der Waals surface area contributed by atoms with Gasteiger partial charge >= 0.3 is 5.97 Å². The van der Waals surface area contributed by atoms with Gasteiger partial charge in [-0.1, -0.05) is 29.8 Å². The maximum Gasteiger partial charge on any atom is 0.308 e. The summed E-state index contributed by atoms with van der Waals surface area (Å²) in [4.78, 5) is 25.2. The third-order valence-electron chi connectivity index (χ3n) is 5.11. The summed E-state index contributed by atoms with van der Waals surface area (Å²) in [6.07, 6.45) is -0.183. The number of hydrogen-bond acceptors (Lipinski definition) is 5. The molecule has 0 aliphatic carbocycles. The lowest BCUT2D eigenvalue weighted by Crippen LogP contribution is -2.31. The minimum absolute atomic E-state index is 0.0365. The molecule has 1 unspecified atom stereocenters. The number of carbonyl (C=O) groups is 2. The largest absolute Gasteiger partial charge is 0.463 e. The first-order chi connectivity index (χ1) is 14.7. The number of ether oxygens (including phenoxy) is 1. The molecule has 164 valence electrons. The van der Waals surface area contributed by atoms with Crippen molar-refractivity contribution in [2.75, 3.05) is 0 Å². The van der Waals surface area contributed by atoms with Gasteiger partial charge in [0.2, 0.25) is 0 Å². The molecule has 0 aliphatic heterocycles. The molecule has 1 atom stereocenters. The second-order valence-electron chi connectivity index (χ2n) is 8.02. The van der Waals surface area contributed by atoms with Crippen LogP contribution in [0, 0.1) is 20.8 Å². The molecule has 2 aromatic heterocycles. The Balaban J connectivity index is 1.82. The summed E-state index contributed by atoms with van der Waals surface area (Å²) in [5.74, 6) is -0.714. The number of nitrogens with zero attached hydrogens (tertiary/aromatic N) is 3. The van der Waals surface area contributed by atoms with E-state index in [-0.39, 0.29) is 24.4 Å². The van der Waals surface area contributed by atoms with Gasteiger partial charge in [-0.15, -0.1) is 0 Å². The summed E-state index contributed by atoms with van der Waals surface area (Å²) in [7, 11) is 1.87. The highest BCUT2D eigenvalue weighted by Gasteiger charge is 2.23. The first-order valence-corrected chi connectivity index (χ1v) is 10.3. The molecule has 31 heavy (non-hydrogen) atoms. The van der Waals surface area contributed by atoms with Gasteiger partial charge in [0.05, 0.1) is 30.0 Å². The van der Waals surface area contributed by atoms with Crippen molar-refractivity contribution in [2.24, 2.45) is 7.05 Å². The van der Waals surface area contributed by atoms with Gasteiger partial charge in [-0.2, -0.15) is 10.2 Å². The summed E-state index contributed by atoms with van der Waals surface area (Å²) in [6.45, 7) is 9.44. The lowest BCUT2D eigenvalue weighted by Gasteiger charge is -2.19. The fraction of sp³-hybridized carbons (Fsp3) is 0.391. The lowest BCUT2D eigenvalue weighted by molar-refractivity contribution is -0.147. The van der Waals surface area contributed by atoms with Crippen molar-refractivity contribution >= 4 is 11.9 Å². The summed E-state index contributed by atoms with van der Waals surface area (Å²) < 4.78 is 7.07. The van der Waals surface area contributed by atoms with Gasteiger partial charge in [0.25, 0.3) is 5.91 Å². The lowest BCUT2D eigenvalue weighted by atomic mass is 10.0. The fourth-order valence-electron chi connectivity index (χ4n) is 3.48. The number of benzene rings is 1. The highest BCUT2D eigenvalue weighted by molar-refractivity contribution is 5.94. The molecule has 0 bridgehead atoms. The molecule has 0 saturated carbocycles. The van der Waals surface area contributed by atoms with Crippen LogP contribution in [0.5, 0.6) is 0 Å². The van der Waals surface area contributed by atoms with Gasteiger partial charge in [-0.3, -0.25) is 19.4 Å². The number of aryl methyl sites for hydroxylation is 3. The molecule has 0 fully saturated rings. The molecule has 3 rings (SSSR count). The normalized spacial score (nSPS) is 12.1. The van der Waals surface area contributed by atoms with E-state index >= 15 is 0 Å². The Bertz CT molecular complexity index is 1080. The Labute approximate surface area is 182 Å². The van der Waals surface area contributed by atoms with Crippen molar-refractivity contribution in [1.29, 1.82) is 0 Å². The summed E-state index contributed by atoms with van der Waals surface area (Å²) in [5, 5.41) is 14.5. The molecule has 1 aromatic carbocycles.